The Kier molecular flexibility index (Phi) is 5.41. The zero-order valence-electron chi connectivity index (χ0n) is 13.8. The van der Waals surface area contributed by atoms with Crippen molar-refractivity contribution in [3.8, 4) is 17.2 Å². The molecule has 0 aromatic heterocycles. The van der Waals surface area contributed by atoms with Gasteiger partial charge in [0, 0.05) is 6.08 Å². The SMILES string of the molecule is COc1ccc(C=CC(=O)Oc2cccc(C)c2C)cc1OC. The molecule has 0 aliphatic heterocycles. The molecule has 0 bridgehead atoms. The van der Waals surface area contributed by atoms with Crippen molar-refractivity contribution in [3.05, 3.63) is 59.2 Å². The minimum atomic E-state index is -0.423. The molecule has 0 spiro atoms. The molecule has 0 aliphatic carbocycles. The van der Waals surface area contributed by atoms with Crippen molar-refractivity contribution in [1.29, 1.82) is 0 Å². The van der Waals surface area contributed by atoms with E-state index >= 15 is 0 Å². The summed E-state index contributed by atoms with van der Waals surface area (Å²) in [6.07, 6.45) is 3.07. The fourth-order valence-corrected chi connectivity index (χ4v) is 2.10. The number of hydrogen-bond acceptors (Lipinski definition) is 4. The Morgan fingerprint density at radius 1 is 0.957 bits per heavy atom. The molecule has 0 saturated heterocycles. The predicted molar refractivity (Wildman–Crippen MR) is 90.1 cm³/mol. The summed E-state index contributed by atoms with van der Waals surface area (Å²) in [4.78, 5) is 12.0. The molecule has 0 fully saturated rings. The standard InChI is InChI=1S/C19H20O4/c1-13-6-5-7-16(14(13)2)23-19(20)11-9-15-8-10-17(21-3)18(12-15)22-4/h5-12H,1-4H3. The van der Waals surface area contributed by atoms with Gasteiger partial charge in [-0.05, 0) is 54.8 Å². The van der Waals surface area contributed by atoms with Crippen LogP contribution in [0.3, 0.4) is 0 Å². The lowest BCUT2D eigenvalue weighted by Gasteiger charge is -2.08. The summed E-state index contributed by atoms with van der Waals surface area (Å²) in [6.45, 7) is 3.90. The number of carbonyl (C=O) groups excluding carboxylic acids is 1. The van der Waals surface area contributed by atoms with E-state index < -0.39 is 5.97 Å². The van der Waals surface area contributed by atoms with Gasteiger partial charge >= 0.3 is 5.97 Å². The van der Waals surface area contributed by atoms with Crippen molar-refractivity contribution in [2.24, 2.45) is 0 Å². The third-order valence-electron chi connectivity index (χ3n) is 3.58. The first kappa shape index (κ1) is 16.6. The Morgan fingerprint density at radius 3 is 2.39 bits per heavy atom. The zero-order valence-corrected chi connectivity index (χ0v) is 13.8. The van der Waals surface area contributed by atoms with Crippen LogP contribution in [0.2, 0.25) is 0 Å². The summed E-state index contributed by atoms with van der Waals surface area (Å²) in [5, 5.41) is 0. The quantitative estimate of drug-likeness (QED) is 0.476. The molecule has 4 nitrogen and oxygen atoms in total. The third-order valence-corrected chi connectivity index (χ3v) is 3.58. The predicted octanol–water partition coefficient (Wildman–Crippen LogP) is 3.94. The summed E-state index contributed by atoms with van der Waals surface area (Å²) in [7, 11) is 3.15. The number of benzene rings is 2. The summed E-state index contributed by atoms with van der Waals surface area (Å²) in [5.41, 5.74) is 2.86. The second-order valence-corrected chi connectivity index (χ2v) is 5.07. The van der Waals surface area contributed by atoms with Gasteiger partial charge < -0.3 is 14.2 Å². The van der Waals surface area contributed by atoms with Gasteiger partial charge in [0.1, 0.15) is 5.75 Å². The normalized spacial score (nSPS) is 10.6. The third kappa shape index (κ3) is 4.13. The molecule has 0 unspecified atom stereocenters. The van der Waals surface area contributed by atoms with Crippen molar-refractivity contribution in [2.75, 3.05) is 14.2 Å². The number of ether oxygens (including phenoxy) is 3. The highest BCUT2D eigenvalue weighted by Gasteiger charge is 2.06. The first-order valence-electron chi connectivity index (χ1n) is 7.23. The summed E-state index contributed by atoms with van der Waals surface area (Å²) in [6, 6.07) is 11.0. The topological polar surface area (TPSA) is 44.8 Å². The van der Waals surface area contributed by atoms with Crippen LogP contribution in [-0.2, 0) is 4.79 Å². The van der Waals surface area contributed by atoms with E-state index in [4.69, 9.17) is 14.2 Å². The van der Waals surface area contributed by atoms with E-state index in [-0.39, 0.29) is 0 Å². The van der Waals surface area contributed by atoms with Crippen LogP contribution in [-0.4, -0.2) is 20.2 Å². The highest BCUT2D eigenvalue weighted by atomic mass is 16.5. The lowest BCUT2D eigenvalue weighted by molar-refractivity contribution is -0.128. The maximum Gasteiger partial charge on any atom is 0.336 e. The molecule has 0 aliphatic rings. The van der Waals surface area contributed by atoms with Gasteiger partial charge in [0.15, 0.2) is 11.5 Å². The van der Waals surface area contributed by atoms with E-state index in [1.165, 1.54) is 6.08 Å². The first-order valence-corrected chi connectivity index (χ1v) is 7.23. The van der Waals surface area contributed by atoms with Gasteiger partial charge in [0.2, 0.25) is 0 Å². The molecule has 0 N–H and O–H groups in total. The van der Waals surface area contributed by atoms with Gasteiger partial charge in [-0.15, -0.1) is 0 Å². The van der Waals surface area contributed by atoms with Crippen LogP contribution in [0.1, 0.15) is 16.7 Å². The molecular formula is C19H20O4. The highest BCUT2D eigenvalue weighted by Crippen LogP contribution is 2.28. The number of hydrogen-bond donors (Lipinski definition) is 0. The molecular weight excluding hydrogens is 292 g/mol. The molecule has 0 atom stereocenters. The van der Waals surface area contributed by atoms with Gasteiger partial charge in [-0.2, -0.15) is 0 Å². The van der Waals surface area contributed by atoms with Crippen molar-refractivity contribution in [1.82, 2.24) is 0 Å². The Labute approximate surface area is 136 Å². The Balaban J connectivity index is 2.10. The molecule has 0 saturated carbocycles. The van der Waals surface area contributed by atoms with Crippen molar-refractivity contribution in [3.63, 3.8) is 0 Å². The van der Waals surface area contributed by atoms with Crippen LogP contribution >= 0.6 is 0 Å². The summed E-state index contributed by atoms with van der Waals surface area (Å²) < 4.78 is 15.8. The van der Waals surface area contributed by atoms with Crippen molar-refractivity contribution < 1.29 is 19.0 Å². The van der Waals surface area contributed by atoms with Crippen LogP contribution in [0, 0.1) is 13.8 Å². The smallest absolute Gasteiger partial charge is 0.336 e. The Hall–Kier alpha value is -2.75. The van der Waals surface area contributed by atoms with Gasteiger partial charge in [-0.1, -0.05) is 18.2 Å². The minimum Gasteiger partial charge on any atom is -0.493 e. The van der Waals surface area contributed by atoms with Crippen molar-refractivity contribution in [2.45, 2.75) is 13.8 Å². The van der Waals surface area contributed by atoms with Gasteiger partial charge in [0.25, 0.3) is 0 Å². The van der Waals surface area contributed by atoms with Gasteiger partial charge in [0.05, 0.1) is 14.2 Å². The largest absolute Gasteiger partial charge is 0.493 e. The molecule has 2 rings (SSSR count). The zero-order chi connectivity index (χ0) is 16.8. The maximum absolute atomic E-state index is 12.0. The number of carbonyl (C=O) groups is 1. The lowest BCUT2D eigenvalue weighted by atomic mass is 10.1. The lowest BCUT2D eigenvalue weighted by Crippen LogP contribution is -2.05. The van der Waals surface area contributed by atoms with Crippen LogP contribution in [0.5, 0.6) is 17.2 Å². The van der Waals surface area contributed by atoms with Crippen LogP contribution in [0.4, 0.5) is 0 Å². The van der Waals surface area contributed by atoms with E-state index in [2.05, 4.69) is 0 Å². The Morgan fingerprint density at radius 2 is 1.70 bits per heavy atom. The number of esters is 1. The van der Waals surface area contributed by atoms with Gasteiger partial charge in [-0.3, -0.25) is 0 Å². The molecule has 2 aromatic carbocycles. The fourth-order valence-electron chi connectivity index (χ4n) is 2.10. The number of methoxy groups -OCH3 is 2. The second kappa shape index (κ2) is 7.49. The average molecular weight is 312 g/mol. The van der Waals surface area contributed by atoms with E-state index in [0.717, 1.165) is 16.7 Å². The molecule has 120 valence electrons. The molecule has 4 heteroatoms. The molecule has 23 heavy (non-hydrogen) atoms. The molecule has 0 radical (unpaired) electrons. The summed E-state index contributed by atoms with van der Waals surface area (Å²) in [5.74, 6) is 1.40. The van der Waals surface area contributed by atoms with Gasteiger partial charge in [-0.25, -0.2) is 4.79 Å². The minimum absolute atomic E-state index is 0.423. The van der Waals surface area contributed by atoms with Crippen molar-refractivity contribution >= 4 is 12.0 Å². The van der Waals surface area contributed by atoms with E-state index in [1.54, 1.807) is 38.5 Å². The van der Waals surface area contributed by atoms with Crippen LogP contribution in [0.15, 0.2) is 42.5 Å². The summed E-state index contributed by atoms with van der Waals surface area (Å²) >= 11 is 0. The molecule has 2 aromatic rings. The average Bonchev–Trinajstić information content (AvgIpc) is 2.56. The second-order valence-electron chi connectivity index (χ2n) is 5.07. The molecule has 0 amide bonds. The molecule has 0 heterocycles. The number of aryl methyl sites for hydroxylation is 1. The van der Waals surface area contributed by atoms with Crippen LogP contribution in [0.25, 0.3) is 6.08 Å². The number of rotatable bonds is 5. The first-order chi connectivity index (χ1) is 11.0. The van der Waals surface area contributed by atoms with E-state index in [0.29, 0.717) is 17.2 Å². The monoisotopic (exact) mass is 312 g/mol. The van der Waals surface area contributed by atoms with E-state index in [9.17, 15) is 4.79 Å². The van der Waals surface area contributed by atoms with E-state index in [1.807, 2.05) is 32.0 Å². The highest BCUT2D eigenvalue weighted by molar-refractivity contribution is 5.89. The maximum atomic E-state index is 12.0. The van der Waals surface area contributed by atoms with Crippen LogP contribution < -0.4 is 14.2 Å². The fraction of sp³-hybridized carbons (Fsp3) is 0.211. The Bertz CT molecular complexity index is 732.